The SMILES string of the molecule is c1ccc2c(c1)cpooc1ccccc12. The topological polar surface area (TPSA) is 26.3 Å². The average Bonchev–Trinajstić information content (AvgIpc) is 2.33. The number of hydrogen-bond donors (Lipinski definition) is 0. The Labute approximate surface area is 93.9 Å². The summed E-state index contributed by atoms with van der Waals surface area (Å²) in [5.41, 5.74) is 0.760. The van der Waals surface area contributed by atoms with Gasteiger partial charge >= 0.3 is 0 Å². The largest absolute Gasteiger partial charge is 0.287 e. The van der Waals surface area contributed by atoms with Crippen molar-refractivity contribution in [3.63, 3.8) is 0 Å². The molecule has 78 valence electrons. The molecule has 2 aromatic carbocycles. The minimum atomic E-state index is 0.705. The summed E-state index contributed by atoms with van der Waals surface area (Å²) in [6.07, 6.45) is 0. The first kappa shape index (κ1) is 9.44. The van der Waals surface area contributed by atoms with Crippen LogP contribution in [0.2, 0.25) is 0 Å². The predicted octanol–water partition coefficient (Wildman–Crippen LogP) is 4.88. The predicted molar refractivity (Wildman–Crippen MR) is 66.1 cm³/mol. The molecule has 1 aromatic heterocycles. The average molecular weight is 228 g/mol. The van der Waals surface area contributed by atoms with Gasteiger partial charge in [0, 0.05) is 11.2 Å². The molecular formula is C13H9O2P. The van der Waals surface area contributed by atoms with Crippen LogP contribution in [0.15, 0.2) is 63.3 Å². The number of rotatable bonds is 0. The molecule has 3 heteroatoms. The molecule has 2 nitrogen and oxygen atoms in total. The smallest absolute Gasteiger partial charge is 0.186 e. The lowest BCUT2D eigenvalue weighted by molar-refractivity contribution is 0.125. The van der Waals surface area contributed by atoms with Crippen molar-refractivity contribution >= 4 is 30.2 Å². The Balaban J connectivity index is 2.63. The third-order valence-corrected chi connectivity index (χ3v) is 3.04. The zero-order chi connectivity index (χ0) is 10.8. The summed E-state index contributed by atoms with van der Waals surface area (Å²) in [6, 6.07) is 16.1. The number of hydrogen-bond acceptors (Lipinski definition) is 2. The Hall–Kier alpha value is -1.79. The van der Waals surface area contributed by atoms with E-state index >= 15 is 0 Å². The zero-order valence-corrected chi connectivity index (χ0v) is 9.35. The Morgan fingerprint density at radius 2 is 1.56 bits per heavy atom. The van der Waals surface area contributed by atoms with E-state index in [1.54, 1.807) is 0 Å². The molecule has 0 N–H and O–H groups in total. The summed E-state index contributed by atoms with van der Waals surface area (Å²) in [5, 5.41) is 3.40. The van der Waals surface area contributed by atoms with E-state index in [9.17, 15) is 0 Å². The van der Waals surface area contributed by atoms with Gasteiger partial charge in [-0.25, -0.2) is 0 Å². The second-order valence-corrected chi connectivity index (χ2v) is 4.09. The van der Waals surface area contributed by atoms with Crippen LogP contribution in [0, 0.1) is 0 Å². The van der Waals surface area contributed by atoms with Gasteiger partial charge in [0.25, 0.3) is 0 Å². The van der Waals surface area contributed by atoms with Gasteiger partial charge in [0.1, 0.15) is 0 Å². The van der Waals surface area contributed by atoms with Crippen molar-refractivity contribution in [2.45, 2.75) is 0 Å². The van der Waals surface area contributed by atoms with Crippen LogP contribution in [0.5, 0.6) is 0 Å². The molecule has 0 fully saturated rings. The maximum absolute atomic E-state index is 5.24. The Bertz CT molecular complexity index is 620. The highest BCUT2D eigenvalue weighted by Crippen LogP contribution is 2.24. The van der Waals surface area contributed by atoms with Crippen LogP contribution in [-0.4, -0.2) is 0 Å². The van der Waals surface area contributed by atoms with Crippen LogP contribution in [-0.2, 0) is 0 Å². The summed E-state index contributed by atoms with van der Waals surface area (Å²) >= 11 is 0. The monoisotopic (exact) mass is 228 g/mol. The fourth-order valence-corrected chi connectivity index (χ4v) is 2.26. The standard InChI is InChI=1S/C13H9O2P/c1-2-6-11-10(5-1)9-16-15-14-13-8-4-3-7-12(11)13/h1-9H. The molecule has 0 spiro atoms. The molecule has 0 saturated heterocycles. The van der Waals surface area contributed by atoms with E-state index in [-0.39, 0.29) is 0 Å². The fourth-order valence-electron chi connectivity index (χ4n) is 1.76. The van der Waals surface area contributed by atoms with Crippen molar-refractivity contribution in [3.8, 4) is 0 Å². The molecule has 1 heterocycles. The van der Waals surface area contributed by atoms with Gasteiger partial charge in [-0.2, -0.15) is 0 Å². The molecule has 0 aliphatic carbocycles. The van der Waals surface area contributed by atoms with Gasteiger partial charge in [-0.3, -0.25) is 8.93 Å². The van der Waals surface area contributed by atoms with Crippen molar-refractivity contribution in [2.24, 2.45) is 0 Å². The highest BCUT2D eigenvalue weighted by atomic mass is 31.1. The van der Waals surface area contributed by atoms with E-state index in [0.717, 1.165) is 11.0 Å². The molecule has 0 radical (unpaired) electrons. The van der Waals surface area contributed by atoms with Gasteiger partial charge in [-0.05, 0) is 16.8 Å². The summed E-state index contributed by atoms with van der Waals surface area (Å²) in [4.78, 5) is 0. The summed E-state index contributed by atoms with van der Waals surface area (Å²) in [5.74, 6) is 1.99. The molecular weight excluding hydrogens is 219 g/mol. The normalized spacial score (nSPS) is 11.0. The highest BCUT2D eigenvalue weighted by molar-refractivity contribution is 7.22. The lowest BCUT2D eigenvalue weighted by atomic mass is 10.1. The second kappa shape index (κ2) is 3.99. The van der Waals surface area contributed by atoms with Crippen LogP contribution < -0.4 is 0 Å². The fraction of sp³-hybridized carbons (Fsp3) is 0. The third-order valence-electron chi connectivity index (χ3n) is 2.50. The molecule has 16 heavy (non-hydrogen) atoms. The lowest BCUT2D eigenvalue weighted by Crippen LogP contribution is -1.72. The summed E-state index contributed by atoms with van der Waals surface area (Å²) in [6.45, 7) is 0. The number of para-hydroxylation sites is 1. The van der Waals surface area contributed by atoms with Crippen LogP contribution in [0.4, 0.5) is 0 Å². The molecule has 0 amide bonds. The molecule has 0 saturated carbocycles. The minimum Gasteiger partial charge on any atom is -0.287 e. The molecule has 3 rings (SSSR count). The van der Waals surface area contributed by atoms with E-state index in [4.69, 9.17) is 8.93 Å². The zero-order valence-electron chi connectivity index (χ0n) is 8.46. The van der Waals surface area contributed by atoms with E-state index < -0.39 is 0 Å². The van der Waals surface area contributed by atoms with Crippen molar-refractivity contribution in [3.05, 3.63) is 54.3 Å². The van der Waals surface area contributed by atoms with Gasteiger partial charge < -0.3 is 0 Å². The highest BCUT2D eigenvalue weighted by Gasteiger charge is 1.98. The third kappa shape index (κ3) is 1.58. The van der Waals surface area contributed by atoms with Crippen molar-refractivity contribution < 1.29 is 8.93 Å². The van der Waals surface area contributed by atoms with Gasteiger partial charge in [0.05, 0.1) is 0 Å². The molecule has 0 aliphatic rings. The maximum atomic E-state index is 5.24. The van der Waals surface area contributed by atoms with Gasteiger partial charge in [0.2, 0.25) is 0 Å². The Kier molecular flexibility index (Phi) is 2.35. The lowest BCUT2D eigenvalue weighted by Gasteiger charge is -1.97. The second-order valence-electron chi connectivity index (χ2n) is 3.48. The van der Waals surface area contributed by atoms with Crippen LogP contribution >= 0.6 is 8.43 Å². The van der Waals surface area contributed by atoms with E-state index in [1.807, 2.05) is 42.2 Å². The van der Waals surface area contributed by atoms with Gasteiger partial charge in [0.15, 0.2) is 14.0 Å². The molecule has 3 aromatic rings. The van der Waals surface area contributed by atoms with E-state index in [2.05, 4.69) is 12.1 Å². The van der Waals surface area contributed by atoms with E-state index in [1.165, 1.54) is 10.8 Å². The summed E-state index contributed by atoms with van der Waals surface area (Å²) < 4.78 is 10.3. The quantitative estimate of drug-likeness (QED) is 0.512. The first-order valence-electron chi connectivity index (χ1n) is 5.00. The number of benzene rings is 2. The maximum Gasteiger partial charge on any atom is 0.186 e. The Morgan fingerprint density at radius 1 is 0.812 bits per heavy atom. The van der Waals surface area contributed by atoms with Gasteiger partial charge in [-0.1, -0.05) is 42.5 Å². The van der Waals surface area contributed by atoms with Crippen molar-refractivity contribution in [2.75, 3.05) is 0 Å². The van der Waals surface area contributed by atoms with Crippen LogP contribution in [0.1, 0.15) is 0 Å². The first-order chi connectivity index (χ1) is 7.95. The van der Waals surface area contributed by atoms with Gasteiger partial charge in [-0.15, -0.1) is 0 Å². The van der Waals surface area contributed by atoms with Crippen molar-refractivity contribution in [1.29, 1.82) is 0 Å². The molecule has 0 unspecified atom stereocenters. The minimum absolute atomic E-state index is 0.705. The molecule has 0 atom stereocenters. The van der Waals surface area contributed by atoms with E-state index in [0.29, 0.717) is 8.43 Å². The Morgan fingerprint density at radius 3 is 2.50 bits per heavy atom. The molecule has 0 bridgehead atoms. The summed E-state index contributed by atoms with van der Waals surface area (Å²) in [7, 11) is 0.705. The van der Waals surface area contributed by atoms with Crippen molar-refractivity contribution in [1.82, 2.24) is 0 Å². The molecule has 0 aliphatic heterocycles. The first-order valence-corrected chi connectivity index (χ1v) is 5.89. The number of fused-ring (bicyclic) bond motifs is 3. The van der Waals surface area contributed by atoms with Crippen LogP contribution in [0.3, 0.4) is 0 Å². The van der Waals surface area contributed by atoms with Crippen LogP contribution in [0.25, 0.3) is 21.7 Å².